The van der Waals surface area contributed by atoms with Crippen molar-refractivity contribution in [3.05, 3.63) is 33.8 Å². The van der Waals surface area contributed by atoms with E-state index in [0.29, 0.717) is 10.0 Å². The van der Waals surface area contributed by atoms with Crippen molar-refractivity contribution in [1.29, 1.82) is 0 Å². The zero-order valence-corrected chi connectivity index (χ0v) is 10.8. The van der Waals surface area contributed by atoms with Crippen molar-refractivity contribution in [2.24, 2.45) is 0 Å². The van der Waals surface area contributed by atoms with Crippen molar-refractivity contribution in [2.75, 3.05) is 7.05 Å². The summed E-state index contributed by atoms with van der Waals surface area (Å²) in [5.74, 6) is -1.03. The van der Waals surface area contributed by atoms with E-state index in [4.69, 9.17) is 9.66 Å². The molecule has 0 bridgehead atoms. The second-order valence-electron chi connectivity index (χ2n) is 3.13. The van der Waals surface area contributed by atoms with Gasteiger partial charge in [0, 0.05) is 18.1 Å². The van der Waals surface area contributed by atoms with Gasteiger partial charge in [0.25, 0.3) is 0 Å². The number of hydrogen-bond donors (Lipinski definition) is 2. The maximum absolute atomic E-state index is 10.7. The number of aromatic carboxylic acids is 1. The van der Waals surface area contributed by atoms with Crippen LogP contribution in [0.2, 0.25) is 0 Å². The quantitative estimate of drug-likeness (QED) is 0.830. The third-order valence-electron chi connectivity index (χ3n) is 1.95. The first-order chi connectivity index (χ1) is 7.41. The van der Waals surface area contributed by atoms with Gasteiger partial charge in [-0.2, -0.15) is 4.31 Å². The van der Waals surface area contributed by atoms with Crippen molar-refractivity contribution in [1.82, 2.24) is 4.31 Å². The molecule has 1 aromatic rings. The summed E-state index contributed by atoms with van der Waals surface area (Å²) in [6.45, 7) is 0.185. The van der Waals surface area contributed by atoms with Gasteiger partial charge in [-0.1, -0.05) is 15.9 Å². The van der Waals surface area contributed by atoms with E-state index in [1.807, 2.05) is 0 Å². The largest absolute Gasteiger partial charge is 0.478 e. The molecule has 0 radical (unpaired) electrons. The van der Waals surface area contributed by atoms with E-state index >= 15 is 0 Å². The predicted octanol–water partition coefficient (Wildman–Crippen LogP) is 1.72. The van der Waals surface area contributed by atoms with Gasteiger partial charge in [-0.05, 0) is 23.8 Å². The second kappa shape index (κ2) is 5.53. The summed E-state index contributed by atoms with van der Waals surface area (Å²) >= 11 is 1.19. The summed E-state index contributed by atoms with van der Waals surface area (Å²) in [6.07, 6.45) is 0. The van der Waals surface area contributed by atoms with Crippen LogP contribution in [0.4, 0.5) is 0 Å². The Morgan fingerprint density at radius 3 is 2.69 bits per heavy atom. The van der Waals surface area contributed by atoms with E-state index in [-0.39, 0.29) is 12.1 Å². The summed E-state index contributed by atoms with van der Waals surface area (Å²) < 4.78 is 21.4. The van der Waals surface area contributed by atoms with Crippen molar-refractivity contribution in [3.63, 3.8) is 0 Å². The molecule has 0 amide bonds. The Morgan fingerprint density at radius 1 is 1.56 bits per heavy atom. The fourth-order valence-corrected chi connectivity index (χ4v) is 1.75. The van der Waals surface area contributed by atoms with E-state index in [1.165, 1.54) is 23.5 Å². The van der Waals surface area contributed by atoms with Crippen LogP contribution in [0.25, 0.3) is 0 Å². The van der Waals surface area contributed by atoms with Crippen LogP contribution >= 0.6 is 15.9 Å². The molecule has 16 heavy (non-hydrogen) atoms. The summed E-state index contributed by atoms with van der Waals surface area (Å²) in [5.41, 5.74) is 0.792. The van der Waals surface area contributed by atoms with Gasteiger partial charge in [0.2, 0.25) is 11.3 Å². The molecule has 0 spiro atoms. The van der Waals surface area contributed by atoms with Crippen LogP contribution in [0, 0.1) is 0 Å². The zero-order chi connectivity index (χ0) is 12.3. The van der Waals surface area contributed by atoms with E-state index < -0.39 is 17.2 Å². The molecule has 0 aliphatic heterocycles. The van der Waals surface area contributed by atoms with E-state index in [0.717, 1.165) is 0 Å². The number of rotatable bonds is 4. The smallest absolute Gasteiger partial charge is 0.335 e. The van der Waals surface area contributed by atoms with Gasteiger partial charge in [-0.15, -0.1) is 0 Å². The number of nitrogens with zero attached hydrogens (tertiary/aromatic N) is 1. The van der Waals surface area contributed by atoms with Crippen molar-refractivity contribution in [2.45, 2.75) is 6.54 Å². The molecule has 88 valence electrons. The van der Waals surface area contributed by atoms with Crippen LogP contribution in [0.5, 0.6) is 0 Å². The normalized spacial score (nSPS) is 12.8. The molecule has 1 unspecified atom stereocenters. The first-order valence-electron chi connectivity index (χ1n) is 4.25. The topological polar surface area (TPSA) is 77.8 Å². The minimum absolute atomic E-state index is 0.148. The predicted molar refractivity (Wildman–Crippen MR) is 63.3 cm³/mol. The molecule has 1 aromatic carbocycles. The number of halogens is 1. The highest BCUT2D eigenvalue weighted by Gasteiger charge is 2.11. The van der Waals surface area contributed by atoms with Crippen molar-refractivity contribution >= 4 is 33.2 Å². The van der Waals surface area contributed by atoms with Crippen LogP contribution in [-0.4, -0.2) is 31.2 Å². The number of carboxylic acid groups (broad SMARTS) is 1. The average Bonchev–Trinajstić information content (AvgIpc) is 2.20. The molecule has 2 N–H and O–H groups in total. The van der Waals surface area contributed by atoms with Gasteiger partial charge in [0.1, 0.15) is 0 Å². The van der Waals surface area contributed by atoms with E-state index in [9.17, 15) is 9.00 Å². The Morgan fingerprint density at radius 2 is 2.19 bits per heavy atom. The summed E-state index contributed by atoms with van der Waals surface area (Å²) in [5, 5.41) is 8.81. The molecule has 0 fully saturated rings. The SMILES string of the molecule is CN(Cc1cc(C(=O)O)ccc1Br)S(=O)O. The van der Waals surface area contributed by atoms with Gasteiger partial charge in [-0.25, -0.2) is 9.00 Å². The highest BCUT2D eigenvalue weighted by Crippen LogP contribution is 2.20. The maximum Gasteiger partial charge on any atom is 0.335 e. The van der Waals surface area contributed by atoms with Crippen LogP contribution in [-0.2, 0) is 17.8 Å². The Labute approximate surface area is 104 Å². The standard InChI is InChI=1S/C9H10BrNO4S/c1-11(16(14)15)5-7-4-6(9(12)13)2-3-8(7)10/h2-4H,5H2,1H3,(H,12,13)(H,14,15). The molecule has 7 heteroatoms. The molecule has 1 atom stereocenters. The molecule has 0 heterocycles. The number of carboxylic acids is 1. The van der Waals surface area contributed by atoms with Crippen LogP contribution in [0.1, 0.15) is 15.9 Å². The van der Waals surface area contributed by atoms with Crippen LogP contribution in [0.15, 0.2) is 22.7 Å². The zero-order valence-electron chi connectivity index (χ0n) is 8.38. The maximum atomic E-state index is 10.7. The van der Waals surface area contributed by atoms with Gasteiger partial charge >= 0.3 is 5.97 Å². The van der Waals surface area contributed by atoms with Crippen molar-refractivity contribution in [3.8, 4) is 0 Å². The summed E-state index contributed by atoms with van der Waals surface area (Å²) in [4.78, 5) is 10.7. The molecular weight excluding hydrogens is 298 g/mol. The second-order valence-corrected chi connectivity index (χ2v) is 5.07. The molecule has 0 aliphatic rings. The Bertz CT molecular complexity index is 438. The highest BCUT2D eigenvalue weighted by molar-refractivity contribution is 9.10. The molecule has 0 saturated heterocycles. The molecule has 1 rings (SSSR count). The van der Waals surface area contributed by atoms with Crippen molar-refractivity contribution < 1.29 is 18.7 Å². The van der Waals surface area contributed by atoms with E-state index in [2.05, 4.69) is 15.9 Å². The van der Waals surface area contributed by atoms with Gasteiger partial charge in [-0.3, -0.25) is 4.55 Å². The van der Waals surface area contributed by atoms with Crippen LogP contribution in [0.3, 0.4) is 0 Å². The molecular formula is C9H10BrNO4S. The van der Waals surface area contributed by atoms with E-state index in [1.54, 1.807) is 6.07 Å². The molecule has 5 nitrogen and oxygen atoms in total. The third kappa shape index (κ3) is 3.38. The molecule has 0 aromatic heterocycles. The lowest BCUT2D eigenvalue weighted by atomic mass is 10.1. The highest BCUT2D eigenvalue weighted by atomic mass is 79.9. The van der Waals surface area contributed by atoms with Crippen LogP contribution < -0.4 is 0 Å². The first kappa shape index (κ1) is 13.3. The Kier molecular flexibility index (Phi) is 4.60. The molecule has 0 saturated carbocycles. The number of hydrogen-bond acceptors (Lipinski definition) is 2. The lowest BCUT2D eigenvalue weighted by Crippen LogP contribution is -2.20. The fraction of sp³-hybridized carbons (Fsp3) is 0.222. The summed E-state index contributed by atoms with van der Waals surface area (Å²) in [6, 6.07) is 4.54. The lowest BCUT2D eigenvalue weighted by Gasteiger charge is -2.13. The Balaban J connectivity index is 2.98. The number of carbonyl (C=O) groups is 1. The summed E-state index contributed by atoms with van der Waals surface area (Å²) in [7, 11) is 1.47. The molecule has 0 aliphatic carbocycles. The number of benzene rings is 1. The average molecular weight is 308 g/mol. The lowest BCUT2D eigenvalue weighted by molar-refractivity contribution is 0.0696. The first-order valence-corrected chi connectivity index (χ1v) is 6.11. The van der Waals surface area contributed by atoms with Gasteiger partial charge in [0.05, 0.1) is 5.56 Å². The Hall–Kier alpha value is -0.760. The fourth-order valence-electron chi connectivity index (χ4n) is 1.12. The minimum atomic E-state index is -2.07. The monoisotopic (exact) mass is 307 g/mol. The third-order valence-corrected chi connectivity index (χ3v) is 3.39. The van der Waals surface area contributed by atoms with Gasteiger partial charge in [0.15, 0.2) is 0 Å². The van der Waals surface area contributed by atoms with Gasteiger partial charge < -0.3 is 5.11 Å². The minimum Gasteiger partial charge on any atom is -0.478 e.